The number of pyridine rings is 1. The minimum atomic E-state index is -0.258. The van der Waals surface area contributed by atoms with E-state index in [9.17, 15) is 10.2 Å². The molecule has 0 aliphatic heterocycles. The highest BCUT2D eigenvalue weighted by Crippen LogP contribution is 2.60. The van der Waals surface area contributed by atoms with E-state index in [1.165, 1.54) is 24.8 Å². The van der Waals surface area contributed by atoms with E-state index in [2.05, 4.69) is 18.5 Å². The van der Waals surface area contributed by atoms with Crippen molar-refractivity contribution in [2.45, 2.75) is 71.0 Å². The van der Waals surface area contributed by atoms with Gasteiger partial charge in [-0.1, -0.05) is 25.1 Å². The van der Waals surface area contributed by atoms with Crippen LogP contribution < -0.4 is 0 Å². The zero-order chi connectivity index (χ0) is 21.1. The average Bonchev–Trinajstić information content (AvgIpc) is 2.93. The third-order valence-electron chi connectivity index (χ3n) is 8.71. The molecule has 0 unspecified atom stereocenters. The van der Waals surface area contributed by atoms with E-state index in [1.54, 1.807) is 0 Å². The van der Waals surface area contributed by atoms with Gasteiger partial charge < -0.3 is 14.9 Å². The number of allylic oxidation sites excluding steroid dienone is 1. The van der Waals surface area contributed by atoms with Crippen molar-refractivity contribution in [2.75, 3.05) is 13.2 Å². The van der Waals surface area contributed by atoms with Gasteiger partial charge in [0.1, 0.15) is 0 Å². The van der Waals surface area contributed by atoms with Gasteiger partial charge in [0.15, 0.2) is 0 Å². The molecule has 4 heteroatoms. The lowest BCUT2D eigenvalue weighted by Gasteiger charge is -2.49. The van der Waals surface area contributed by atoms with Crippen LogP contribution in [0, 0.1) is 35.0 Å². The molecule has 0 spiro atoms. The van der Waals surface area contributed by atoms with Crippen molar-refractivity contribution < 1.29 is 14.9 Å². The molecule has 0 bridgehead atoms. The summed E-state index contributed by atoms with van der Waals surface area (Å²) in [5, 5.41) is 20.2. The molecule has 3 aliphatic carbocycles. The van der Waals surface area contributed by atoms with Gasteiger partial charge in [0, 0.05) is 12.8 Å². The van der Waals surface area contributed by atoms with Crippen LogP contribution in [0.15, 0.2) is 36.5 Å². The molecule has 0 amide bonds. The highest BCUT2D eigenvalue weighted by atomic mass is 16.5. The predicted molar refractivity (Wildman–Crippen MR) is 119 cm³/mol. The van der Waals surface area contributed by atoms with Crippen LogP contribution in [0.5, 0.6) is 0 Å². The maximum atomic E-state index is 10.3. The van der Waals surface area contributed by atoms with Crippen LogP contribution in [0.1, 0.15) is 64.0 Å². The van der Waals surface area contributed by atoms with Gasteiger partial charge in [0.25, 0.3) is 0 Å². The van der Waals surface area contributed by atoms with Gasteiger partial charge in [-0.2, -0.15) is 0 Å². The second-order valence-electron chi connectivity index (χ2n) is 10.4. The van der Waals surface area contributed by atoms with Crippen molar-refractivity contribution in [3.63, 3.8) is 0 Å². The Labute approximate surface area is 181 Å². The maximum absolute atomic E-state index is 10.3. The largest absolute Gasteiger partial charge is 0.396 e. The molecule has 1 heterocycles. The van der Waals surface area contributed by atoms with Crippen LogP contribution in [0.25, 0.3) is 0 Å². The molecule has 0 radical (unpaired) electrons. The Balaban J connectivity index is 1.51. The first-order valence-corrected chi connectivity index (χ1v) is 12.0. The molecule has 7 atom stereocenters. The SMILES string of the molecule is C=C1CC[C@H]2[C@H](COCc3ccccn3)[C@@H]([C@@H]3CC[C@H](O)C[C@H](CO)C3)CC[C@]12C. The number of aromatic nitrogens is 1. The Morgan fingerprint density at radius 1 is 1.20 bits per heavy atom. The summed E-state index contributed by atoms with van der Waals surface area (Å²) in [6.07, 6.45) is 10.1. The minimum Gasteiger partial charge on any atom is -0.396 e. The lowest BCUT2D eigenvalue weighted by atomic mass is 9.56. The second kappa shape index (κ2) is 9.50. The van der Waals surface area contributed by atoms with Crippen LogP contribution in [0.3, 0.4) is 0 Å². The molecule has 4 nitrogen and oxygen atoms in total. The fourth-order valence-corrected chi connectivity index (χ4v) is 6.92. The van der Waals surface area contributed by atoms with Crippen LogP contribution in [-0.4, -0.2) is 34.5 Å². The van der Waals surface area contributed by atoms with Crippen molar-refractivity contribution in [3.05, 3.63) is 42.2 Å². The predicted octanol–water partition coefficient (Wildman–Crippen LogP) is 4.76. The van der Waals surface area contributed by atoms with E-state index in [4.69, 9.17) is 4.74 Å². The summed E-state index contributed by atoms with van der Waals surface area (Å²) in [4.78, 5) is 4.41. The van der Waals surface area contributed by atoms with Crippen LogP contribution in [0.2, 0.25) is 0 Å². The van der Waals surface area contributed by atoms with Crippen LogP contribution in [0.4, 0.5) is 0 Å². The second-order valence-corrected chi connectivity index (χ2v) is 10.4. The molecule has 166 valence electrons. The summed E-state index contributed by atoms with van der Waals surface area (Å²) >= 11 is 0. The molecular formula is C26H39NO3. The van der Waals surface area contributed by atoms with Crippen molar-refractivity contribution in [2.24, 2.45) is 35.0 Å². The summed E-state index contributed by atoms with van der Waals surface area (Å²) < 4.78 is 6.28. The highest BCUT2D eigenvalue weighted by molar-refractivity contribution is 5.20. The first-order valence-electron chi connectivity index (χ1n) is 12.0. The zero-order valence-corrected chi connectivity index (χ0v) is 18.5. The number of aliphatic hydroxyl groups excluding tert-OH is 2. The van der Waals surface area contributed by atoms with Crippen LogP contribution in [-0.2, 0) is 11.3 Å². The standard InChI is InChI=1S/C26H39NO3/c1-18-6-9-25-24(17-30-16-21-5-3-4-12-27-21)23(10-11-26(18,25)2)20-7-8-22(29)14-19(13-20)15-28/h3-5,12,19-20,22-25,28-29H,1,6-11,13-17H2,2H3/t19-,20-,22+,23-,24-,25+,26-/m1/s1. The number of ether oxygens (including phenoxy) is 1. The molecule has 1 aromatic rings. The van der Waals surface area contributed by atoms with Gasteiger partial charge in [-0.25, -0.2) is 0 Å². The Morgan fingerprint density at radius 2 is 2.07 bits per heavy atom. The smallest absolute Gasteiger partial charge is 0.0887 e. The third kappa shape index (κ3) is 4.51. The first kappa shape index (κ1) is 22.0. The fraction of sp³-hybridized carbons (Fsp3) is 0.731. The molecule has 2 N–H and O–H groups in total. The molecule has 0 aromatic carbocycles. The zero-order valence-electron chi connectivity index (χ0n) is 18.5. The summed E-state index contributed by atoms with van der Waals surface area (Å²) in [6, 6.07) is 5.98. The molecule has 3 aliphatic rings. The van der Waals surface area contributed by atoms with E-state index >= 15 is 0 Å². The summed E-state index contributed by atoms with van der Waals surface area (Å²) in [7, 11) is 0. The number of fused-ring (bicyclic) bond motifs is 1. The van der Waals surface area contributed by atoms with Crippen molar-refractivity contribution in [1.29, 1.82) is 0 Å². The molecule has 3 saturated carbocycles. The van der Waals surface area contributed by atoms with Crippen molar-refractivity contribution in [1.82, 2.24) is 4.98 Å². The van der Waals surface area contributed by atoms with E-state index in [0.717, 1.165) is 44.4 Å². The number of rotatable bonds is 6. The average molecular weight is 414 g/mol. The number of hydrogen-bond donors (Lipinski definition) is 2. The quantitative estimate of drug-likeness (QED) is 0.521. The molecular weight excluding hydrogens is 374 g/mol. The van der Waals surface area contributed by atoms with Gasteiger partial charge >= 0.3 is 0 Å². The van der Waals surface area contributed by atoms with Crippen LogP contribution >= 0.6 is 0 Å². The number of hydrogen-bond acceptors (Lipinski definition) is 4. The normalized spacial score (nSPS) is 39.5. The van der Waals surface area contributed by atoms with Gasteiger partial charge in [-0.15, -0.1) is 0 Å². The topological polar surface area (TPSA) is 62.6 Å². The molecule has 0 saturated heterocycles. The summed E-state index contributed by atoms with van der Waals surface area (Å²) in [6.45, 7) is 8.41. The number of aliphatic hydroxyl groups is 2. The monoisotopic (exact) mass is 413 g/mol. The fourth-order valence-electron chi connectivity index (χ4n) is 6.92. The van der Waals surface area contributed by atoms with E-state index in [0.29, 0.717) is 30.3 Å². The Morgan fingerprint density at radius 3 is 2.83 bits per heavy atom. The third-order valence-corrected chi connectivity index (χ3v) is 8.71. The van der Waals surface area contributed by atoms with Gasteiger partial charge in [0.05, 0.1) is 25.0 Å². The summed E-state index contributed by atoms with van der Waals surface area (Å²) in [5.74, 6) is 2.56. The van der Waals surface area contributed by atoms with Gasteiger partial charge in [-0.05, 0) is 98.5 Å². The minimum absolute atomic E-state index is 0.194. The van der Waals surface area contributed by atoms with Gasteiger partial charge in [-0.3, -0.25) is 4.98 Å². The molecule has 3 fully saturated rings. The molecule has 1 aromatic heterocycles. The van der Waals surface area contributed by atoms with E-state index < -0.39 is 0 Å². The van der Waals surface area contributed by atoms with Crippen molar-refractivity contribution >= 4 is 0 Å². The van der Waals surface area contributed by atoms with E-state index in [-0.39, 0.29) is 24.0 Å². The van der Waals surface area contributed by atoms with Gasteiger partial charge in [0.2, 0.25) is 0 Å². The Kier molecular flexibility index (Phi) is 6.96. The lowest BCUT2D eigenvalue weighted by molar-refractivity contribution is -0.0398. The van der Waals surface area contributed by atoms with Crippen molar-refractivity contribution in [3.8, 4) is 0 Å². The first-order chi connectivity index (χ1) is 14.5. The lowest BCUT2D eigenvalue weighted by Crippen LogP contribution is -2.44. The summed E-state index contributed by atoms with van der Waals surface area (Å²) in [5.41, 5.74) is 2.67. The van der Waals surface area contributed by atoms with E-state index in [1.807, 2.05) is 24.4 Å². The number of nitrogens with zero attached hydrogens (tertiary/aromatic N) is 1. The maximum Gasteiger partial charge on any atom is 0.0887 e. The molecule has 4 rings (SSSR count). The Bertz CT molecular complexity index is 707. The molecule has 30 heavy (non-hydrogen) atoms. The highest BCUT2D eigenvalue weighted by Gasteiger charge is 2.52. The Hall–Kier alpha value is -1.23.